The maximum Gasteiger partial charge on any atom is 0.278 e. The van der Waals surface area contributed by atoms with Gasteiger partial charge >= 0.3 is 0 Å². The van der Waals surface area contributed by atoms with E-state index in [0.717, 1.165) is 17.8 Å². The van der Waals surface area contributed by atoms with E-state index in [-0.39, 0.29) is 0 Å². The van der Waals surface area contributed by atoms with E-state index in [1.165, 1.54) is 31.5 Å². The smallest absolute Gasteiger partial charge is 0.278 e. The Morgan fingerprint density at radius 2 is 1.96 bits per heavy atom. The van der Waals surface area contributed by atoms with Crippen molar-refractivity contribution < 1.29 is 4.52 Å². The molecule has 2 aromatic heterocycles. The molecule has 0 atom stereocenters. The van der Waals surface area contributed by atoms with Crippen LogP contribution in [0.5, 0.6) is 0 Å². The highest BCUT2D eigenvalue weighted by atomic mass is 16.5. The van der Waals surface area contributed by atoms with Crippen molar-refractivity contribution in [1.82, 2.24) is 25.0 Å². The van der Waals surface area contributed by atoms with Crippen LogP contribution in [0.25, 0.3) is 23.0 Å². The highest BCUT2D eigenvalue weighted by Crippen LogP contribution is 2.23. The number of benzene rings is 1. The van der Waals surface area contributed by atoms with Crippen LogP contribution in [0.2, 0.25) is 0 Å². The lowest BCUT2D eigenvalue weighted by Gasteiger charge is -2.14. The van der Waals surface area contributed by atoms with Gasteiger partial charge in [0.1, 0.15) is 5.69 Å². The van der Waals surface area contributed by atoms with E-state index in [9.17, 15) is 0 Å². The Morgan fingerprint density at radius 3 is 2.79 bits per heavy atom. The monoisotopic (exact) mass is 321 g/mol. The van der Waals surface area contributed by atoms with Crippen molar-refractivity contribution >= 4 is 0 Å². The molecule has 122 valence electrons. The fraction of sp³-hybridized carbons (Fsp3) is 0.333. The second-order valence-electron chi connectivity index (χ2n) is 6.10. The van der Waals surface area contributed by atoms with E-state index in [2.05, 4.69) is 37.1 Å². The Labute approximate surface area is 140 Å². The first kappa shape index (κ1) is 15.0. The number of hydrogen-bond donors (Lipinski definition) is 0. The number of likely N-dealkylation sites (tertiary alicyclic amines) is 1. The number of hydrogen-bond acceptors (Lipinski definition) is 6. The van der Waals surface area contributed by atoms with E-state index in [4.69, 9.17) is 4.52 Å². The van der Waals surface area contributed by atoms with Gasteiger partial charge in [-0.15, -0.1) is 0 Å². The molecular formula is C18H19N5O. The zero-order valence-corrected chi connectivity index (χ0v) is 13.6. The SMILES string of the molecule is Cc1nccnc1-c1nc(-c2cccc(CN3CCCC3)c2)no1. The van der Waals surface area contributed by atoms with Gasteiger partial charge in [-0.3, -0.25) is 9.88 Å². The average molecular weight is 321 g/mol. The molecule has 0 radical (unpaired) electrons. The second-order valence-corrected chi connectivity index (χ2v) is 6.10. The maximum atomic E-state index is 5.39. The van der Waals surface area contributed by atoms with Gasteiger partial charge in [-0.05, 0) is 44.5 Å². The first-order valence-corrected chi connectivity index (χ1v) is 8.23. The number of rotatable bonds is 4. The zero-order valence-electron chi connectivity index (χ0n) is 13.6. The third kappa shape index (κ3) is 3.05. The Kier molecular flexibility index (Phi) is 4.04. The largest absolute Gasteiger partial charge is 0.332 e. The van der Waals surface area contributed by atoms with Gasteiger partial charge < -0.3 is 4.52 Å². The van der Waals surface area contributed by atoms with Crippen molar-refractivity contribution in [3.63, 3.8) is 0 Å². The molecule has 0 saturated carbocycles. The van der Waals surface area contributed by atoms with Crippen LogP contribution in [0, 0.1) is 6.92 Å². The van der Waals surface area contributed by atoms with E-state index < -0.39 is 0 Å². The minimum Gasteiger partial charge on any atom is -0.332 e. The van der Waals surface area contributed by atoms with Crippen LogP contribution in [0.1, 0.15) is 24.1 Å². The fourth-order valence-corrected chi connectivity index (χ4v) is 3.06. The van der Waals surface area contributed by atoms with Crippen LogP contribution in [0.3, 0.4) is 0 Å². The second kappa shape index (κ2) is 6.49. The molecule has 0 aliphatic carbocycles. The van der Waals surface area contributed by atoms with Crippen LogP contribution < -0.4 is 0 Å². The molecule has 4 rings (SSSR count). The van der Waals surface area contributed by atoms with Crippen LogP contribution in [-0.2, 0) is 6.54 Å². The normalized spacial score (nSPS) is 15.0. The molecule has 24 heavy (non-hydrogen) atoms. The Bertz CT molecular complexity index is 839. The van der Waals surface area contributed by atoms with E-state index in [1.54, 1.807) is 12.4 Å². The molecule has 0 spiro atoms. The van der Waals surface area contributed by atoms with E-state index in [0.29, 0.717) is 17.4 Å². The lowest BCUT2D eigenvalue weighted by atomic mass is 10.1. The molecule has 0 N–H and O–H groups in total. The van der Waals surface area contributed by atoms with Crippen molar-refractivity contribution in [2.75, 3.05) is 13.1 Å². The molecule has 6 heteroatoms. The third-order valence-electron chi connectivity index (χ3n) is 4.30. The van der Waals surface area contributed by atoms with E-state index in [1.807, 2.05) is 19.1 Å². The molecule has 1 aliphatic rings. The van der Waals surface area contributed by atoms with Gasteiger partial charge in [0.05, 0.1) is 5.69 Å². The molecule has 1 aromatic carbocycles. The number of nitrogens with zero attached hydrogens (tertiary/aromatic N) is 5. The summed E-state index contributed by atoms with van der Waals surface area (Å²) in [4.78, 5) is 15.5. The standard InChI is InChI=1S/C18H19N5O/c1-13-16(20-8-7-19-13)18-21-17(22-24-18)15-6-4-5-14(11-15)12-23-9-2-3-10-23/h4-8,11H,2-3,9-10,12H2,1H3. The summed E-state index contributed by atoms with van der Waals surface area (Å²) < 4.78 is 5.39. The van der Waals surface area contributed by atoms with Crippen LogP contribution >= 0.6 is 0 Å². The summed E-state index contributed by atoms with van der Waals surface area (Å²) in [6.45, 7) is 5.22. The topological polar surface area (TPSA) is 67.9 Å². The Hall–Kier alpha value is -2.60. The van der Waals surface area contributed by atoms with Gasteiger partial charge in [-0.25, -0.2) is 4.98 Å². The first-order chi connectivity index (χ1) is 11.8. The Balaban J connectivity index is 1.59. The predicted octanol–water partition coefficient (Wildman–Crippen LogP) is 3.10. The van der Waals surface area contributed by atoms with Gasteiger partial charge in [-0.2, -0.15) is 4.98 Å². The molecule has 1 aliphatic heterocycles. The molecule has 1 saturated heterocycles. The van der Waals surface area contributed by atoms with Gasteiger partial charge in [0, 0.05) is 24.5 Å². The van der Waals surface area contributed by atoms with Crippen LogP contribution in [0.4, 0.5) is 0 Å². The van der Waals surface area contributed by atoms with Crippen LogP contribution in [-0.4, -0.2) is 38.1 Å². The highest BCUT2D eigenvalue weighted by molar-refractivity contribution is 5.59. The third-order valence-corrected chi connectivity index (χ3v) is 4.30. The predicted molar refractivity (Wildman–Crippen MR) is 90.0 cm³/mol. The minimum atomic E-state index is 0.403. The molecule has 0 amide bonds. The summed E-state index contributed by atoms with van der Waals surface area (Å²) in [6.07, 6.45) is 5.87. The van der Waals surface area contributed by atoms with Crippen molar-refractivity contribution in [2.24, 2.45) is 0 Å². The summed E-state index contributed by atoms with van der Waals surface area (Å²) in [5.74, 6) is 0.985. The summed E-state index contributed by atoms with van der Waals surface area (Å²) in [5, 5.41) is 4.11. The lowest BCUT2D eigenvalue weighted by Crippen LogP contribution is -2.18. The Morgan fingerprint density at radius 1 is 1.12 bits per heavy atom. The molecular weight excluding hydrogens is 302 g/mol. The van der Waals surface area contributed by atoms with E-state index >= 15 is 0 Å². The summed E-state index contributed by atoms with van der Waals surface area (Å²) in [6, 6.07) is 8.34. The van der Waals surface area contributed by atoms with Crippen molar-refractivity contribution in [1.29, 1.82) is 0 Å². The van der Waals surface area contributed by atoms with Crippen molar-refractivity contribution in [2.45, 2.75) is 26.3 Å². The first-order valence-electron chi connectivity index (χ1n) is 8.23. The summed E-state index contributed by atoms with van der Waals surface area (Å²) in [5.41, 5.74) is 3.64. The number of aromatic nitrogens is 4. The van der Waals surface area contributed by atoms with Gasteiger partial charge in [0.2, 0.25) is 5.82 Å². The quantitative estimate of drug-likeness (QED) is 0.735. The van der Waals surface area contributed by atoms with Gasteiger partial charge in [0.15, 0.2) is 0 Å². The molecule has 3 heterocycles. The fourth-order valence-electron chi connectivity index (χ4n) is 3.06. The van der Waals surface area contributed by atoms with Crippen molar-refractivity contribution in [3.05, 3.63) is 47.9 Å². The molecule has 3 aromatic rings. The minimum absolute atomic E-state index is 0.403. The summed E-state index contributed by atoms with van der Waals surface area (Å²) in [7, 11) is 0. The van der Waals surface area contributed by atoms with Crippen molar-refractivity contribution in [3.8, 4) is 23.0 Å². The molecule has 1 fully saturated rings. The van der Waals surface area contributed by atoms with Crippen LogP contribution in [0.15, 0.2) is 41.2 Å². The molecule has 6 nitrogen and oxygen atoms in total. The maximum absolute atomic E-state index is 5.39. The molecule has 0 bridgehead atoms. The highest BCUT2D eigenvalue weighted by Gasteiger charge is 2.16. The molecule has 0 unspecified atom stereocenters. The van der Waals surface area contributed by atoms with Gasteiger partial charge in [-0.1, -0.05) is 23.4 Å². The summed E-state index contributed by atoms with van der Waals surface area (Å²) >= 11 is 0. The number of aryl methyl sites for hydroxylation is 1. The zero-order chi connectivity index (χ0) is 16.4. The average Bonchev–Trinajstić information content (AvgIpc) is 3.27. The van der Waals surface area contributed by atoms with Gasteiger partial charge in [0.25, 0.3) is 5.89 Å². The lowest BCUT2D eigenvalue weighted by molar-refractivity contribution is 0.331.